The van der Waals surface area contributed by atoms with Crippen LogP contribution >= 0.6 is 11.3 Å². The second kappa shape index (κ2) is 10.1. The number of Topliss-reactive ketones (excluding diaryl/α,β-unsaturated/α-hetero) is 1. The number of thiazole rings is 1. The summed E-state index contributed by atoms with van der Waals surface area (Å²) in [5.74, 6) is -0.256. The van der Waals surface area contributed by atoms with E-state index >= 15 is 0 Å². The predicted octanol–water partition coefficient (Wildman–Crippen LogP) is 5.66. The number of aliphatic hydroxyl groups is 1. The first-order chi connectivity index (χ1) is 17.5. The molecule has 186 valence electrons. The molecule has 1 fully saturated rings. The highest BCUT2D eigenvalue weighted by Crippen LogP contribution is 2.44. The summed E-state index contributed by atoms with van der Waals surface area (Å²) in [6.07, 6.45) is 5.47. The van der Waals surface area contributed by atoms with Crippen molar-refractivity contribution in [3.63, 3.8) is 0 Å². The number of carbonyl (C=O) groups is 2. The number of hydrogen-bond acceptors (Lipinski definition) is 7. The molecule has 2 aliphatic heterocycles. The summed E-state index contributed by atoms with van der Waals surface area (Å²) in [5.41, 5.74) is 2.13. The van der Waals surface area contributed by atoms with Gasteiger partial charge in [-0.2, -0.15) is 0 Å². The van der Waals surface area contributed by atoms with Crippen LogP contribution in [0.2, 0.25) is 0 Å². The fourth-order valence-corrected chi connectivity index (χ4v) is 5.39. The molecule has 7 nitrogen and oxygen atoms in total. The highest BCUT2D eigenvalue weighted by atomic mass is 32.1. The quantitative estimate of drug-likeness (QED) is 0.184. The molecule has 1 amide bonds. The number of carbonyl (C=O) groups excluding carboxylic acids is 2. The van der Waals surface area contributed by atoms with Gasteiger partial charge in [0.15, 0.2) is 5.13 Å². The van der Waals surface area contributed by atoms with E-state index in [1.165, 1.54) is 16.2 Å². The molecule has 3 heterocycles. The smallest absolute Gasteiger partial charge is 0.301 e. The van der Waals surface area contributed by atoms with Gasteiger partial charge >= 0.3 is 5.91 Å². The lowest BCUT2D eigenvalue weighted by atomic mass is 9.94. The van der Waals surface area contributed by atoms with Gasteiger partial charge in [0.05, 0.1) is 18.2 Å². The number of benzene rings is 2. The summed E-state index contributed by atoms with van der Waals surface area (Å²) >= 11 is 1.26. The minimum Gasteiger partial charge on any atom is -0.507 e. The molecule has 2 atom stereocenters. The van der Waals surface area contributed by atoms with Crippen molar-refractivity contribution in [2.24, 2.45) is 0 Å². The first-order valence-electron chi connectivity index (χ1n) is 12.2. The number of ketones is 1. The third-order valence-electron chi connectivity index (χ3n) is 6.43. The zero-order chi connectivity index (χ0) is 25.2. The Morgan fingerprint density at radius 3 is 2.86 bits per heavy atom. The van der Waals surface area contributed by atoms with E-state index in [1.807, 2.05) is 37.3 Å². The summed E-state index contributed by atoms with van der Waals surface area (Å²) in [7, 11) is 0. The second-order valence-electron chi connectivity index (χ2n) is 9.07. The zero-order valence-electron chi connectivity index (χ0n) is 20.3. The van der Waals surface area contributed by atoms with Crippen LogP contribution in [-0.4, -0.2) is 34.5 Å². The lowest BCUT2D eigenvalue weighted by Crippen LogP contribution is -2.29. The molecule has 1 saturated heterocycles. The van der Waals surface area contributed by atoms with E-state index in [1.54, 1.807) is 23.7 Å². The molecule has 0 radical (unpaired) electrons. The van der Waals surface area contributed by atoms with Crippen LogP contribution in [0.15, 0.2) is 59.6 Å². The Balaban J connectivity index is 1.58. The molecule has 0 spiro atoms. The number of fused-ring (bicyclic) bond motifs is 1. The highest BCUT2D eigenvalue weighted by Gasteiger charge is 2.48. The number of amides is 1. The molecule has 0 saturated carbocycles. The zero-order valence-corrected chi connectivity index (χ0v) is 21.1. The van der Waals surface area contributed by atoms with Crippen LogP contribution in [0.4, 0.5) is 5.13 Å². The second-order valence-corrected chi connectivity index (χ2v) is 9.94. The van der Waals surface area contributed by atoms with Crippen LogP contribution in [0, 0.1) is 0 Å². The van der Waals surface area contributed by atoms with E-state index in [0.717, 1.165) is 30.6 Å². The van der Waals surface area contributed by atoms with Gasteiger partial charge in [0, 0.05) is 23.6 Å². The number of hydrogen-bond donors (Lipinski definition) is 1. The molecular weight excluding hydrogens is 476 g/mol. The molecule has 3 aromatic rings. The molecule has 1 N–H and O–H groups in total. The van der Waals surface area contributed by atoms with Crippen molar-refractivity contribution in [2.75, 3.05) is 11.5 Å². The van der Waals surface area contributed by atoms with Crippen molar-refractivity contribution in [1.82, 2.24) is 4.98 Å². The predicted molar refractivity (Wildman–Crippen MR) is 139 cm³/mol. The topological polar surface area (TPSA) is 89.0 Å². The lowest BCUT2D eigenvalue weighted by Gasteiger charge is -2.23. The SMILES string of the molecule is CCCCCOc1cccc([C@H]2/C(=C(\O)c3ccc4c(c3)C[C@H](C)O4)C(=O)C(=O)N2c2nccs2)c1. The Bertz CT molecular complexity index is 1320. The van der Waals surface area contributed by atoms with Crippen molar-refractivity contribution >= 4 is 33.9 Å². The molecule has 1 aromatic heterocycles. The minimum absolute atomic E-state index is 0.0326. The minimum atomic E-state index is -0.834. The van der Waals surface area contributed by atoms with Gasteiger partial charge in [0.1, 0.15) is 23.4 Å². The van der Waals surface area contributed by atoms with Gasteiger partial charge in [-0.1, -0.05) is 31.9 Å². The molecule has 0 unspecified atom stereocenters. The molecule has 2 aromatic carbocycles. The van der Waals surface area contributed by atoms with E-state index in [2.05, 4.69) is 11.9 Å². The Kier molecular flexibility index (Phi) is 6.78. The summed E-state index contributed by atoms with van der Waals surface area (Å²) < 4.78 is 11.7. The van der Waals surface area contributed by atoms with Crippen LogP contribution in [0.5, 0.6) is 11.5 Å². The highest BCUT2D eigenvalue weighted by molar-refractivity contribution is 7.14. The molecule has 5 rings (SSSR count). The number of nitrogens with zero attached hydrogens (tertiary/aromatic N) is 2. The van der Waals surface area contributed by atoms with E-state index in [0.29, 0.717) is 35.0 Å². The Labute approximate surface area is 214 Å². The van der Waals surface area contributed by atoms with Crippen molar-refractivity contribution in [3.8, 4) is 11.5 Å². The molecule has 36 heavy (non-hydrogen) atoms. The number of aliphatic hydroxyl groups excluding tert-OH is 1. The number of aromatic nitrogens is 1. The van der Waals surface area contributed by atoms with Crippen LogP contribution in [0.1, 0.15) is 55.8 Å². The van der Waals surface area contributed by atoms with Gasteiger partial charge in [-0.25, -0.2) is 4.98 Å². The van der Waals surface area contributed by atoms with Crippen LogP contribution < -0.4 is 14.4 Å². The Morgan fingerprint density at radius 1 is 1.22 bits per heavy atom. The first-order valence-corrected chi connectivity index (χ1v) is 13.1. The molecular formula is C28H28N2O5S. The summed E-state index contributed by atoms with van der Waals surface area (Å²) in [6.45, 7) is 4.70. The maximum absolute atomic E-state index is 13.3. The first kappa shape index (κ1) is 24.1. The Hall–Kier alpha value is -3.65. The monoisotopic (exact) mass is 504 g/mol. The maximum atomic E-state index is 13.3. The molecule has 0 bridgehead atoms. The van der Waals surface area contributed by atoms with Crippen LogP contribution in [-0.2, 0) is 16.0 Å². The van der Waals surface area contributed by atoms with Crippen molar-refractivity contribution in [1.29, 1.82) is 0 Å². The van der Waals surface area contributed by atoms with E-state index < -0.39 is 17.7 Å². The fourth-order valence-electron chi connectivity index (χ4n) is 4.72. The summed E-state index contributed by atoms with van der Waals surface area (Å²) in [5, 5.41) is 13.6. The van der Waals surface area contributed by atoms with Gasteiger partial charge < -0.3 is 14.6 Å². The van der Waals surface area contributed by atoms with Crippen LogP contribution in [0.3, 0.4) is 0 Å². The maximum Gasteiger partial charge on any atom is 0.301 e. The Morgan fingerprint density at radius 2 is 2.08 bits per heavy atom. The van der Waals surface area contributed by atoms with E-state index in [-0.39, 0.29) is 17.4 Å². The summed E-state index contributed by atoms with van der Waals surface area (Å²) in [4.78, 5) is 32.2. The third-order valence-corrected chi connectivity index (χ3v) is 7.20. The third kappa shape index (κ3) is 4.48. The fraction of sp³-hybridized carbons (Fsp3) is 0.321. The summed E-state index contributed by atoms with van der Waals surface area (Å²) in [6, 6.07) is 11.9. The van der Waals surface area contributed by atoms with Crippen molar-refractivity contribution in [2.45, 2.75) is 51.7 Å². The lowest BCUT2D eigenvalue weighted by molar-refractivity contribution is -0.132. The average molecular weight is 505 g/mol. The van der Waals surface area contributed by atoms with E-state index in [4.69, 9.17) is 9.47 Å². The van der Waals surface area contributed by atoms with E-state index in [9.17, 15) is 14.7 Å². The number of ether oxygens (including phenoxy) is 2. The van der Waals surface area contributed by atoms with Crippen molar-refractivity contribution < 1.29 is 24.2 Å². The normalized spacial score (nSPS) is 20.4. The van der Waals surface area contributed by atoms with Gasteiger partial charge in [-0.15, -0.1) is 11.3 Å². The van der Waals surface area contributed by atoms with Crippen molar-refractivity contribution in [3.05, 3.63) is 76.3 Å². The van der Waals surface area contributed by atoms with Gasteiger partial charge in [0.2, 0.25) is 0 Å². The average Bonchev–Trinajstić information content (AvgIpc) is 3.59. The number of anilines is 1. The largest absolute Gasteiger partial charge is 0.507 e. The number of rotatable bonds is 8. The van der Waals surface area contributed by atoms with Crippen LogP contribution in [0.25, 0.3) is 5.76 Å². The van der Waals surface area contributed by atoms with Gasteiger partial charge in [-0.05, 0) is 54.8 Å². The molecule has 2 aliphatic rings. The van der Waals surface area contributed by atoms with Gasteiger partial charge in [0.25, 0.3) is 5.78 Å². The van der Waals surface area contributed by atoms with Gasteiger partial charge in [-0.3, -0.25) is 14.5 Å². The molecule has 0 aliphatic carbocycles. The molecule has 8 heteroatoms. The standard InChI is InChI=1S/C28H28N2O5S/c1-3-4-5-12-34-21-8-6-7-18(16-21)24-23(26(32)27(33)30(24)28-29-11-13-36-28)25(31)19-9-10-22-20(15-19)14-17(2)35-22/h6-11,13,15-17,24,31H,3-5,12,14H2,1-2H3/b25-23+/t17-,24-/m0/s1. The number of unbranched alkanes of at least 4 members (excludes halogenated alkanes) is 2.